The number of nitrogens with zero attached hydrogens (tertiary/aromatic N) is 2. The molecule has 1 heterocycles. The lowest BCUT2D eigenvalue weighted by molar-refractivity contribution is -0.127. The molecule has 18 heavy (non-hydrogen) atoms. The van der Waals surface area contributed by atoms with Crippen molar-refractivity contribution in [2.24, 2.45) is 5.41 Å². The first-order valence-electron chi connectivity index (χ1n) is 5.90. The Morgan fingerprint density at radius 3 is 2.61 bits per heavy atom. The Bertz CT molecular complexity index is 458. The summed E-state index contributed by atoms with van der Waals surface area (Å²) in [6.07, 6.45) is 3.51. The minimum Gasteiger partial charge on any atom is -0.354 e. The van der Waals surface area contributed by atoms with Gasteiger partial charge in [-0.1, -0.05) is 19.9 Å². The molecule has 1 N–H and O–H groups in total. The van der Waals surface area contributed by atoms with E-state index in [1.54, 1.807) is 26.2 Å². The van der Waals surface area contributed by atoms with Gasteiger partial charge < -0.3 is 5.32 Å². The largest absolute Gasteiger partial charge is 0.354 e. The Balaban J connectivity index is 2.70. The summed E-state index contributed by atoms with van der Waals surface area (Å²) >= 11 is 0. The second-order valence-corrected chi connectivity index (χ2v) is 5.55. The van der Waals surface area contributed by atoms with Crippen LogP contribution in [0.1, 0.15) is 33.3 Å². The third kappa shape index (κ3) is 3.30. The molecule has 0 atom stereocenters. The van der Waals surface area contributed by atoms with E-state index in [-0.39, 0.29) is 11.3 Å². The number of rotatable bonds is 4. The molecule has 0 aliphatic carbocycles. The molecular formula is C14H19N3O. The Labute approximate surface area is 108 Å². The standard InChI is InChI=1S/C14H19N3O/c1-13(2,9-15)12(18)17-10-14(3,4)11-6-5-7-16-8-11/h5-8H,10H2,1-4H3,(H,17,18). The summed E-state index contributed by atoms with van der Waals surface area (Å²) in [6.45, 7) is 7.76. The first-order valence-corrected chi connectivity index (χ1v) is 5.90. The van der Waals surface area contributed by atoms with Crippen LogP contribution < -0.4 is 5.32 Å². The Morgan fingerprint density at radius 2 is 2.11 bits per heavy atom. The maximum atomic E-state index is 11.8. The quantitative estimate of drug-likeness (QED) is 0.882. The van der Waals surface area contributed by atoms with E-state index < -0.39 is 5.41 Å². The number of hydrogen-bond acceptors (Lipinski definition) is 3. The minimum absolute atomic E-state index is 0.213. The van der Waals surface area contributed by atoms with Crippen LogP contribution in [0.15, 0.2) is 24.5 Å². The molecule has 0 saturated carbocycles. The number of hydrogen-bond donors (Lipinski definition) is 1. The van der Waals surface area contributed by atoms with Gasteiger partial charge in [0.25, 0.3) is 0 Å². The van der Waals surface area contributed by atoms with Crippen LogP contribution in [0.3, 0.4) is 0 Å². The van der Waals surface area contributed by atoms with Gasteiger partial charge >= 0.3 is 0 Å². The molecule has 0 radical (unpaired) electrons. The van der Waals surface area contributed by atoms with Crippen LogP contribution in [-0.2, 0) is 10.2 Å². The zero-order chi connectivity index (χ0) is 13.8. The lowest BCUT2D eigenvalue weighted by atomic mass is 9.85. The van der Waals surface area contributed by atoms with E-state index in [9.17, 15) is 4.79 Å². The second-order valence-electron chi connectivity index (χ2n) is 5.55. The summed E-state index contributed by atoms with van der Waals surface area (Å²) in [7, 11) is 0. The fraction of sp³-hybridized carbons (Fsp3) is 0.500. The second kappa shape index (κ2) is 5.18. The summed E-state index contributed by atoms with van der Waals surface area (Å²) in [5.74, 6) is -0.248. The first kappa shape index (κ1) is 14.2. The molecule has 0 aromatic carbocycles. The average Bonchev–Trinajstić information content (AvgIpc) is 2.37. The Kier molecular flexibility index (Phi) is 4.07. The van der Waals surface area contributed by atoms with E-state index in [1.807, 2.05) is 32.0 Å². The van der Waals surface area contributed by atoms with Crippen LogP contribution in [0.4, 0.5) is 0 Å². The summed E-state index contributed by atoms with van der Waals surface area (Å²) in [4.78, 5) is 15.9. The van der Waals surface area contributed by atoms with Gasteiger partial charge in [0.05, 0.1) is 6.07 Å². The molecule has 0 fully saturated rings. The lowest BCUT2D eigenvalue weighted by Gasteiger charge is -2.26. The normalized spacial score (nSPS) is 11.7. The Morgan fingerprint density at radius 1 is 1.44 bits per heavy atom. The molecule has 0 spiro atoms. The third-order valence-corrected chi connectivity index (χ3v) is 2.98. The molecular weight excluding hydrogens is 226 g/mol. The minimum atomic E-state index is -0.995. The number of aromatic nitrogens is 1. The molecule has 1 rings (SSSR count). The van der Waals surface area contributed by atoms with Crippen molar-refractivity contribution in [3.63, 3.8) is 0 Å². The highest BCUT2D eigenvalue weighted by molar-refractivity contribution is 5.84. The van der Waals surface area contributed by atoms with Crippen molar-refractivity contribution < 1.29 is 4.79 Å². The van der Waals surface area contributed by atoms with Crippen molar-refractivity contribution in [2.75, 3.05) is 6.54 Å². The fourth-order valence-electron chi connectivity index (χ4n) is 1.44. The van der Waals surface area contributed by atoms with Gasteiger partial charge in [0.15, 0.2) is 0 Å². The van der Waals surface area contributed by atoms with E-state index in [0.29, 0.717) is 6.54 Å². The SMILES string of the molecule is CC(C)(C#N)C(=O)NCC(C)(C)c1cccnc1. The monoisotopic (exact) mass is 245 g/mol. The van der Waals surface area contributed by atoms with Gasteiger partial charge in [0, 0.05) is 24.4 Å². The van der Waals surface area contributed by atoms with Crippen LogP contribution in [-0.4, -0.2) is 17.4 Å². The van der Waals surface area contributed by atoms with E-state index >= 15 is 0 Å². The third-order valence-electron chi connectivity index (χ3n) is 2.98. The summed E-state index contributed by atoms with van der Waals surface area (Å²) in [6, 6.07) is 5.85. The zero-order valence-corrected chi connectivity index (χ0v) is 11.3. The van der Waals surface area contributed by atoms with Gasteiger partial charge in [0.2, 0.25) is 5.91 Å². The molecule has 96 valence electrons. The summed E-state index contributed by atoms with van der Waals surface area (Å²) < 4.78 is 0. The van der Waals surface area contributed by atoms with Crippen molar-refractivity contribution in [3.8, 4) is 6.07 Å². The van der Waals surface area contributed by atoms with Gasteiger partial charge in [-0.2, -0.15) is 5.26 Å². The highest BCUT2D eigenvalue weighted by Crippen LogP contribution is 2.22. The molecule has 0 aliphatic rings. The fourth-order valence-corrected chi connectivity index (χ4v) is 1.44. The van der Waals surface area contributed by atoms with Crippen LogP contribution in [0.5, 0.6) is 0 Å². The van der Waals surface area contributed by atoms with Crippen molar-refractivity contribution in [1.29, 1.82) is 5.26 Å². The molecule has 0 aliphatic heterocycles. The van der Waals surface area contributed by atoms with Crippen molar-refractivity contribution in [3.05, 3.63) is 30.1 Å². The topological polar surface area (TPSA) is 65.8 Å². The highest BCUT2D eigenvalue weighted by Gasteiger charge is 2.29. The van der Waals surface area contributed by atoms with E-state index in [0.717, 1.165) is 5.56 Å². The molecule has 1 aromatic rings. The van der Waals surface area contributed by atoms with Crippen molar-refractivity contribution >= 4 is 5.91 Å². The van der Waals surface area contributed by atoms with Gasteiger partial charge in [-0.15, -0.1) is 0 Å². The predicted octanol–water partition coefficient (Wildman–Crippen LogP) is 2.03. The maximum absolute atomic E-state index is 11.8. The van der Waals surface area contributed by atoms with E-state index in [1.165, 1.54) is 0 Å². The van der Waals surface area contributed by atoms with Crippen molar-refractivity contribution in [2.45, 2.75) is 33.1 Å². The maximum Gasteiger partial charge on any atom is 0.239 e. The number of pyridine rings is 1. The first-order chi connectivity index (χ1) is 8.29. The molecule has 4 heteroatoms. The van der Waals surface area contributed by atoms with Crippen LogP contribution >= 0.6 is 0 Å². The lowest BCUT2D eigenvalue weighted by Crippen LogP contribution is -2.42. The van der Waals surface area contributed by atoms with E-state index in [4.69, 9.17) is 5.26 Å². The molecule has 1 aromatic heterocycles. The van der Waals surface area contributed by atoms with Gasteiger partial charge in [0.1, 0.15) is 5.41 Å². The summed E-state index contributed by atoms with van der Waals surface area (Å²) in [5.41, 5.74) is -0.152. The average molecular weight is 245 g/mol. The summed E-state index contributed by atoms with van der Waals surface area (Å²) in [5, 5.41) is 11.7. The molecule has 1 amide bonds. The molecule has 4 nitrogen and oxygen atoms in total. The van der Waals surface area contributed by atoms with Crippen LogP contribution in [0, 0.1) is 16.7 Å². The number of carbonyl (C=O) groups is 1. The van der Waals surface area contributed by atoms with Crippen LogP contribution in [0.2, 0.25) is 0 Å². The van der Waals surface area contributed by atoms with E-state index in [2.05, 4.69) is 10.3 Å². The number of carbonyl (C=O) groups excluding carboxylic acids is 1. The van der Waals surface area contributed by atoms with Crippen molar-refractivity contribution in [1.82, 2.24) is 10.3 Å². The van der Waals surface area contributed by atoms with Gasteiger partial charge in [-0.25, -0.2) is 0 Å². The van der Waals surface area contributed by atoms with Crippen LogP contribution in [0.25, 0.3) is 0 Å². The molecule has 0 saturated heterocycles. The molecule has 0 unspecified atom stereocenters. The Hall–Kier alpha value is -1.89. The number of nitrogens with one attached hydrogen (secondary N) is 1. The predicted molar refractivity (Wildman–Crippen MR) is 69.7 cm³/mol. The number of amides is 1. The number of nitriles is 1. The zero-order valence-electron chi connectivity index (χ0n) is 11.3. The highest BCUT2D eigenvalue weighted by atomic mass is 16.2. The molecule has 0 bridgehead atoms. The van der Waals surface area contributed by atoms with Gasteiger partial charge in [-0.05, 0) is 25.5 Å². The van der Waals surface area contributed by atoms with Gasteiger partial charge in [-0.3, -0.25) is 9.78 Å². The smallest absolute Gasteiger partial charge is 0.239 e.